The number of hydrogen-bond acceptors (Lipinski definition) is 1. The molecule has 1 unspecified atom stereocenters. The van der Waals surface area contributed by atoms with Crippen molar-refractivity contribution in [3.63, 3.8) is 0 Å². The maximum atomic E-state index is 3.19. The molecule has 0 amide bonds. The van der Waals surface area contributed by atoms with E-state index in [0.29, 0.717) is 0 Å². The summed E-state index contributed by atoms with van der Waals surface area (Å²) in [7, 11) is 2.02. The predicted molar refractivity (Wildman–Crippen MR) is 47.2 cm³/mol. The first-order chi connectivity index (χ1) is 4.66. The molecule has 0 bridgehead atoms. The molecule has 0 fully saturated rings. The smallest absolute Gasteiger partial charge is 0.00262 e. The van der Waals surface area contributed by atoms with E-state index < -0.39 is 0 Å². The second kappa shape index (κ2) is 5.72. The van der Waals surface area contributed by atoms with Crippen molar-refractivity contribution in [1.82, 2.24) is 5.32 Å². The highest BCUT2D eigenvalue weighted by Gasteiger charge is 2.01. The highest BCUT2D eigenvalue weighted by Crippen LogP contribution is 2.10. The SMILES string of the molecule is CNCC(C)CCC(C)C. The first-order valence-corrected chi connectivity index (χ1v) is 4.31. The van der Waals surface area contributed by atoms with Gasteiger partial charge in [-0.15, -0.1) is 0 Å². The Morgan fingerprint density at radius 3 is 2.10 bits per heavy atom. The van der Waals surface area contributed by atoms with Crippen molar-refractivity contribution in [3.8, 4) is 0 Å². The molecule has 0 rings (SSSR count). The number of rotatable bonds is 5. The summed E-state index contributed by atoms with van der Waals surface area (Å²) in [6, 6.07) is 0. The summed E-state index contributed by atoms with van der Waals surface area (Å²) in [4.78, 5) is 0. The van der Waals surface area contributed by atoms with E-state index in [9.17, 15) is 0 Å². The molecule has 62 valence electrons. The second-order valence-corrected chi connectivity index (χ2v) is 3.63. The van der Waals surface area contributed by atoms with Gasteiger partial charge in [0.05, 0.1) is 0 Å². The van der Waals surface area contributed by atoms with E-state index in [1.54, 1.807) is 0 Å². The molecule has 1 nitrogen and oxygen atoms in total. The predicted octanol–water partition coefficient (Wildman–Crippen LogP) is 2.28. The molecular weight excluding hydrogens is 122 g/mol. The average molecular weight is 143 g/mol. The van der Waals surface area contributed by atoms with Gasteiger partial charge in [-0.3, -0.25) is 0 Å². The highest BCUT2D eigenvalue weighted by molar-refractivity contribution is 4.56. The molecule has 0 aliphatic carbocycles. The monoisotopic (exact) mass is 143 g/mol. The van der Waals surface area contributed by atoms with Crippen LogP contribution in [0.4, 0.5) is 0 Å². The van der Waals surface area contributed by atoms with Crippen molar-refractivity contribution in [3.05, 3.63) is 0 Å². The summed E-state index contributed by atoms with van der Waals surface area (Å²) >= 11 is 0. The van der Waals surface area contributed by atoms with Crippen molar-refractivity contribution in [1.29, 1.82) is 0 Å². The second-order valence-electron chi connectivity index (χ2n) is 3.63. The Morgan fingerprint density at radius 1 is 1.10 bits per heavy atom. The van der Waals surface area contributed by atoms with Crippen LogP contribution in [0.25, 0.3) is 0 Å². The molecule has 0 spiro atoms. The van der Waals surface area contributed by atoms with Gasteiger partial charge in [-0.1, -0.05) is 27.2 Å². The zero-order valence-corrected chi connectivity index (χ0v) is 7.78. The third-order valence-corrected chi connectivity index (χ3v) is 1.79. The van der Waals surface area contributed by atoms with E-state index in [-0.39, 0.29) is 0 Å². The van der Waals surface area contributed by atoms with Crippen LogP contribution in [-0.2, 0) is 0 Å². The van der Waals surface area contributed by atoms with E-state index in [2.05, 4.69) is 26.1 Å². The molecule has 1 N–H and O–H groups in total. The molecule has 0 saturated carbocycles. The zero-order chi connectivity index (χ0) is 7.98. The minimum Gasteiger partial charge on any atom is -0.319 e. The molecule has 1 heteroatoms. The van der Waals surface area contributed by atoms with Gasteiger partial charge in [0.15, 0.2) is 0 Å². The van der Waals surface area contributed by atoms with Crippen molar-refractivity contribution in [2.24, 2.45) is 11.8 Å². The van der Waals surface area contributed by atoms with E-state index in [1.807, 2.05) is 7.05 Å². The Morgan fingerprint density at radius 2 is 1.70 bits per heavy atom. The molecule has 0 aromatic carbocycles. The third-order valence-electron chi connectivity index (χ3n) is 1.79. The van der Waals surface area contributed by atoms with Gasteiger partial charge < -0.3 is 5.32 Å². The van der Waals surface area contributed by atoms with E-state index in [0.717, 1.165) is 18.4 Å². The molecule has 1 atom stereocenters. The fraction of sp³-hybridized carbons (Fsp3) is 1.00. The summed E-state index contributed by atoms with van der Waals surface area (Å²) in [6.45, 7) is 8.03. The van der Waals surface area contributed by atoms with Gasteiger partial charge in [-0.2, -0.15) is 0 Å². The maximum absolute atomic E-state index is 3.19. The molecule has 10 heavy (non-hydrogen) atoms. The quantitative estimate of drug-likeness (QED) is 0.622. The van der Waals surface area contributed by atoms with E-state index in [1.165, 1.54) is 12.8 Å². The van der Waals surface area contributed by atoms with E-state index in [4.69, 9.17) is 0 Å². The van der Waals surface area contributed by atoms with Crippen LogP contribution >= 0.6 is 0 Å². The van der Waals surface area contributed by atoms with Gasteiger partial charge in [-0.05, 0) is 31.8 Å². The molecule has 0 aromatic heterocycles. The van der Waals surface area contributed by atoms with Crippen LogP contribution in [0.3, 0.4) is 0 Å². The Hall–Kier alpha value is -0.0400. The minimum atomic E-state index is 0.840. The van der Waals surface area contributed by atoms with Gasteiger partial charge in [0, 0.05) is 0 Å². The van der Waals surface area contributed by atoms with Crippen molar-refractivity contribution < 1.29 is 0 Å². The van der Waals surface area contributed by atoms with Gasteiger partial charge in [0.1, 0.15) is 0 Å². The molecular formula is C9H21N. The lowest BCUT2D eigenvalue weighted by Crippen LogP contribution is -2.16. The largest absolute Gasteiger partial charge is 0.319 e. The highest BCUT2D eigenvalue weighted by atomic mass is 14.8. The molecule has 0 aliphatic heterocycles. The van der Waals surface area contributed by atoms with Crippen LogP contribution in [0.5, 0.6) is 0 Å². The van der Waals surface area contributed by atoms with Crippen LogP contribution in [0.1, 0.15) is 33.6 Å². The number of hydrogen-bond donors (Lipinski definition) is 1. The first-order valence-electron chi connectivity index (χ1n) is 4.31. The maximum Gasteiger partial charge on any atom is -0.00262 e. The summed E-state index contributed by atoms with van der Waals surface area (Å²) in [5, 5.41) is 3.19. The fourth-order valence-corrected chi connectivity index (χ4v) is 1.07. The Kier molecular flexibility index (Phi) is 5.70. The third kappa shape index (κ3) is 6.09. The molecule has 0 radical (unpaired) electrons. The summed E-state index contributed by atoms with van der Waals surface area (Å²) < 4.78 is 0. The lowest BCUT2D eigenvalue weighted by atomic mass is 9.99. The summed E-state index contributed by atoms with van der Waals surface area (Å²) in [5.74, 6) is 1.70. The Bertz CT molecular complexity index is 69.1. The van der Waals surface area contributed by atoms with Crippen molar-refractivity contribution in [2.45, 2.75) is 33.6 Å². The normalized spacial score (nSPS) is 14.1. The summed E-state index contributed by atoms with van der Waals surface area (Å²) in [6.07, 6.45) is 2.72. The van der Waals surface area contributed by atoms with Gasteiger partial charge in [0.2, 0.25) is 0 Å². The molecule has 0 aliphatic rings. The Labute approximate surface area is 65.2 Å². The topological polar surface area (TPSA) is 12.0 Å². The molecule has 0 aromatic rings. The van der Waals surface area contributed by atoms with Gasteiger partial charge in [0.25, 0.3) is 0 Å². The standard InChI is InChI=1S/C9H21N/c1-8(2)5-6-9(3)7-10-4/h8-10H,5-7H2,1-4H3. The molecule has 0 saturated heterocycles. The molecule has 0 heterocycles. The van der Waals surface area contributed by atoms with Crippen LogP contribution in [0.15, 0.2) is 0 Å². The van der Waals surface area contributed by atoms with Crippen molar-refractivity contribution >= 4 is 0 Å². The lowest BCUT2D eigenvalue weighted by Gasteiger charge is -2.11. The van der Waals surface area contributed by atoms with Gasteiger partial charge in [-0.25, -0.2) is 0 Å². The number of nitrogens with one attached hydrogen (secondary N) is 1. The van der Waals surface area contributed by atoms with Crippen molar-refractivity contribution in [2.75, 3.05) is 13.6 Å². The minimum absolute atomic E-state index is 0.840. The Balaban J connectivity index is 3.12. The lowest BCUT2D eigenvalue weighted by molar-refractivity contribution is 0.438. The van der Waals surface area contributed by atoms with Gasteiger partial charge >= 0.3 is 0 Å². The first kappa shape index (κ1) is 9.96. The zero-order valence-electron chi connectivity index (χ0n) is 7.78. The average Bonchev–Trinajstić information content (AvgIpc) is 1.85. The summed E-state index contributed by atoms with van der Waals surface area (Å²) in [5.41, 5.74) is 0. The van der Waals surface area contributed by atoms with Crippen LogP contribution in [0, 0.1) is 11.8 Å². The van der Waals surface area contributed by atoms with E-state index >= 15 is 0 Å². The fourth-order valence-electron chi connectivity index (χ4n) is 1.07. The van der Waals surface area contributed by atoms with Crippen LogP contribution in [-0.4, -0.2) is 13.6 Å². The van der Waals surface area contributed by atoms with Crippen LogP contribution < -0.4 is 5.32 Å². The van der Waals surface area contributed by atoms with Crippen LogP contribution in [0.2, 0.25) is 0 Å².